The van der Waals surface area contributed by atoms with Crippen molar-refractivity contribution in [2.75, 3.05) is 0 Å². The lowest BCUT2D eigenvalue weighted by atomic mass is 9.79. The zero-order valence-corrected chi connectivity index (χ0v) is 25.2. The van der Waals surface area contributed by atoms with Crippen molar-refractivity contribution < 1.29 is 38.5 Å². The number of carbonyl (C=O) groups excluding carboxylic acids is 3. The van der Waals surface area contributed by atoms with E-state index in [0.717, 1.165) is 25.7 Å². The highest BCUT2D eigenvalue weighted by molar-refractivity contribution is 5.77. The Bertz CT molecular complexity index is 976. The SMILES string of the molecule is CCCCCC(=O)Oc1ccc(C(C(C)C(C)OC(=O)C(C)C(C)C)[C@H](N)C(=O)O)cc1OC(=O)CCCCC. The number of ether oxygens (including phenoxy) is 3. The quantitative estimate of drug-likeness (QED) is 0.125. The Balaban J connectivity index is 3.39. The molecule has 3 N–H and O–H groups in total. The van der Waals surface area contributed by atoms with Gasteiger partial charge in [0.1, 0.15) is 12.1 Å². The van der Waals surface area contributed by atoms with Gasteiger partial charge in [0.25, 0.3) is 0 Å². The highest BCUT2D eigenvalue weighted by Crippen LogP contribution is 2.37. The smallest absolute Gasteiger partial charge is 0.321 e. The largest absolute Gasteiger partial charge is 0.480 e. The van der Waals surface area contributed by atoms with E-state index in [-0.39, 0.29) is 42.1 Å². The zero-order chi connectivity index (χ0) is 30.4. The molecule has 0 aromatic heterocycles. The number of hydrogen-bond donors (Lipinski definition) is 2. The Labute approximate surface area is 239 Å². The molecule has 4 unspecified atom stereocenters. The first-order valence-corrected chi connectivity index (χ1v) is 14.6. The number of carbonyl (C=O) groups is 4. The standard InChI is InChI=1S/C31H49NO8/c1-8-10-12-14-26(33)39-24-17-16-23(18-25(24)40-27(34)15-13-11-9-2)28(29(32)30(35)36)21(6)22(7)38-31(37)20(5)19(3)4/h16-22,28-29H,8-15,32H2,1-7H3,(H,35,36)/t20?,21?,22?,28?,29-/m0/s1. The Hall–Kier alpha value is -2.94. The summed E-state index contributed by atoms with van der Waals surface area (Å²) in [7, 11) is 0. The van der Waals surface area contributed by atoms with Gasteiger partial charge in [0, 0.05) is 24.7 Å². The molecule has 0 saturated heterocycles. The second kappa shape index (κ2) is 17.7. The van der Waals surface area contributed by atoms with Gasteiger partial charge in [-0.1, -0.05) is 73.3 Å². The van der Waals surface area contributed by atoms with E-state index in [2.05, 4.69) is 0 Å². The first kappa shape index (κ1) is 35.1. The van der Waals surface area contributed by atoms with E-state index < -0.39 is 41.9 Å². The Morgan fingerprint density at radius 2 is 1.35 bits per heavy atom. The van der Waals surface area contributed by atoms with Crippen molar-refractivity contribution in [1.29, 1.82) is 0 Å². The summed E-state index contributed by atoms with van der Waals surface area (Å²) in [5.74, 6) is -3.98. The van der Waals surface area contributed by atoms with Crippen LogP contribution in [0.25, 0.3) is 0 Å². The molecule has 9 nitrogen and oxygen atoms in total. The van der Waals surface area contributed by atoms with E-state index in [9.17, 15) is 24.3 Å². The fraction of sp³-hybridized carbons (Fsp3) is 0.677. The molecule has 1 aromatic carbocycles. The summed E-state index contributed by atoms with van der Waals surface area (Å²) in [6.45, 7) is 13.2. The molecule has 0 aliphatic heterocycles. The van der Waals surface area contributed by atoms with Gasteiger partial charge in [-0.25, -0.2) is 0 Å². The fourth-order valence-corrected chi connectivity index (χ4v) is 4.24. The maximum atomic E-state index is 12.6. The second-order valence-corrected chi connectivity index (χ2v) is 11.0. The molecule has 0 spiro atoms. The highest BCUT2D eigenvalue weighted by Gasteiger charge is 2.36. The average Bonchev–Trinajstić information content (AvgIpc) is 2.89. The number of nitrogens with two attached hydrogens (primary N) is 1. The van der Waals surface area contributed by atoms with E-state index in [1.807, 2.05) is 27.7 Å². The third-order valence-electron chi connectivity index (χ3n) is 7.42. The summed E-state index contributed by atoms with van der Waals surface area (Å²) in [5.41, 5.74) is 6.62. The zero-order valence-electron chi connectivity index (χ0n) is 25.2. The maximum absolute atomic E-state index is 12.6. The lowest BCUT2D eigenvalue weighted by Crippen LogP contribution is -2.43. The van der Waals surface area contributed by atoms with Crippen LogP contribution in [0.15, 0.2) is 18.2 Å². The van der Waals surface area contributed by atoms with Crippen LogP contribution in [0.5, 0.6) is 11.5 Å². The molecule has 9 heteroatoms. The number of carboxylic acids is 1. The highest BCUT2D eigenvalue weighted by atomic mass is 16.6. The minimum absolute atomic E-state index is 0.0238. The second-order valence-electron chi connectivity index (χ2n) is 11.0. The molecule has 0 amide bonds. The van der Waals surface area contributed by atoms with E-state index in [4.69, 9.17) is 19.9 Å². The maximum Gasteiger partial charge on any atom is 0.321 e. The topological polar surface area (TPSA) is 142 Å². The third-order valence-corrected chi connectivity index (χ3v) is 7.42. The van der Waals surface area contributed by atoms with Gasteiger partial charge in [0.05, 0.1) is 5.92 Å². The van der Waals surface area contributed by atoms with E-state index in [1.165, 1.54) is 12.1 Å². The third kappa shape index (κ3) is 11.3. The molecule has 0 radical (unpaired) electrons. The minimum Gasteiger partial charge on any atom is -0.480 e. The molecule has 1 aromatic rings. The van der Waals surface area contributed by atoms with Crippen molar-refractivity contribution in [3.8, 4) is 11.5 Å². The van der Waals surface area contributed by atoms with Crippen LogP contribution in [0.1, 0.15) is 111 Å². The Morgan fingerprint density at radius 1 is 0.825 bits per heavy atom. The molecule has 0 aliphatic rings. The van der Waals surface area contributed by atoms with Gasteiger partial charge >= 0.3 is 23.9 Å². The van der Waals surface area contributed by atoms with E-state index in [0.29, 0.717) is 18.4 Å². The summed E-state index contributed by atoms with van der Waals surface area (Å²) in [6, 6.07) is 3.27. The van der Waals surface area contributed by atoms with Crippen molar-refractivity contribution in [2.24, 2.45) is 23.5 Å². The number of hydrogen-bond acceptors (Lipinski definition) is 8. The van der Waals surface area contributed by atoms with Crippen LogP contribution in [-0.2, 0) is 23.9 Å². The van der Waals surface area contributed by atoms with Gasteiger partial charge in [-0.3, -0.25) is 19.2 Å². The van der Waals surface area contributed by atoms with Crippen molar-refractivity contribution in [3.05, 3.63) is 23.8 Å². The van der Waals surface area contributed by atoms with Crippen LogP contribution in [-0.4, -0.2) is 41.1 Å². The normalized spacial score (nSPS) is 15.0. The van der Waals surface area contributed by atoms with Crippen molar-refractivity contribution in [1.82, 2.24) is 0 Å². The van der Waals surface area contributed by atoms with Gasteiger partial charge < -0.3 is 25.1 Å². The molecular weight excluding hydrogens is 514 g/mol. The van der Waals surface area contributed by atoms with Gasteiger partial charge in [-0.05, 0) is 43.4 Å². The van der Waals surface area contributed by atoms with Crippen molar-refractivity contribution >= 4 is 23.9 Å². The molecule has 0 fully saturated rings. The van der Waals surface area contributed by atoms with Gasteiger partial charge in [0.15, 0.2) is 11.5 Å². The number of aliphatic carboxylic acids is 1. The lowest BCUT2D eigenvalue weighted by molar-refractivity contribution is -0.157. The van der Waals surface area contributed by atoms with Gasteiger partial charge in [0.2, 0.25) is 0 Å². The number of carboxylic acid groups (broad SMARTS) is 1. The molecule has 226 valence electrons. The predicted octanol–water partition coefficient (Wildman–Crippen LogP) is 6.01. The Morgan fingerprint density at radius 3 is 1.82 bits per heavy atom. The fourth-order valence-electron chi connectivity index (χ4n) is 4.24. The number of benzene rings is 1. The lowest BCUT2D eigenvalue weighted by Gasteiger charge is -2.32. The van der Waals surface area contributed by atoms with Crippen LogP contribution in [0, 0.1) is 17.8 Å². The summed E-state index contributed by atoms with van der Waals surface area (Å²) >= 11 is 0. The first-order valence-electron chi connectivity index (χ1n) is 14.6. The predicted molar refractivity (Wildman–Crippen MR) is 153 cm³/mol. The molecule has 5 atom stereocenters. The average molecular weight is 564 g/mol. The van der Waals surface area contributed by atoms with Crippen molar-refractivity contribution in [3.63, 3.8) is 0 Å². The summed E-state index contributed by atoms with van der Waals surface area (Å²) < 4.78 is 16.9. The van der Waals surface area contributed by atoms with Crippen LogP contribution >= 0.6 is 0 Å². The summed E-state index contributed by atoms with van der Waals surface area (Å²) in [4.78, 5) is 49.7. The van der Waals surface area contributed by atoms with Crippen molar-refractivity contribution in [2.45, 2.75) is 118 Å². The van der Waals surface area contributed by atoms with Gasteiger partial charge in [-0.2, -0.15) is 0 Å². The van der Waals surface area contributed by atoms with Crippen LogP contribution < -0.4 is 15.2 Å². The van der Waals surface area contributed by atoms with Crippen LogP contribution in [0.2, 0.25) is 0 Å². The van der Waals surface area contributed by atoms with E-state index in [1.54, 1.807) is 26.8 Å². The van der Waals surface area contributed by atoms with Crippen LogP contribution in [0.4, 0.5) is 0 Å². The van der Waals surface area contributed by atoms with Crippen LogP contribution in [0.3, 0.4) is 0 Å². The monoisotopic (exact) mass is 563 g/mol. The minimum atomic E-state index is -1.34. The Kier molecular flexibility index (Phi) is 15.5. The molecular formula is C31H49NO8. The molecule has 1 rings (SSSR count). The number of rotatable bonds is 18. The number of unbranched alkanes of at least 4 members (excludes halogenated alkanes) is 4. The molecule has 0 saturated carbocycles. The summed E-state index contributed by atoms with van der Waals surface area (Å²) in [5, 5.41) is 9.81. The van der Waals surface area contributed by atoms with E-state index >= 15 is 0 Å². The molecule has 0 bridgehead atoms. The summed E-state index contributed by atoms with van der Waals surface area (Å²) in [6.07, 6.45) is 4.75. The van der Waals surface area contributed by atoms with Gasteiger partial charge in [-0.15, -0.1) is 0 Å². The first-order chi connectivity index (χ1) is 18.8. The molecule has 0 heterocycles. The molecule has 0 aliphatic carbocycles. The number of esters is 3. The molecule has 40 heavy (non-hydrogen) atoms.